The molecule has 3 nitrogen and oxygen atoms in total. The third kappa shape index (κ3) is 1.85. The zero-order valence-corrected chi connectivity index (χ0v) is 6.80. The fourth-order valence-corrected chi connectivity index (χ4v) is 0.894. The molecule has 66 valence electrons. The summed E-state index contributed by atoms with van der Waals surface area (Å²) in [5.74, 6) is -0.159. The molecule has 0 saturated carbocycles. The largest absolute Gasteiger partial charge is 0.494 e. The Labute approximate surface area is 70.3 Å². The molecule has 0 spiro atoms. The molecule has 0 atom stereocenters. The van der Waals surface area contributed by atoms with Crippen molar-refractivity contribution in [1.82, 2.24) is 0 Å². The van der Waals surface area contributed by atoms with Crippen LogP contribution in [0.5, 0.6) is 5.75 Å². The lowest BCUT2D eigenvalue weighted by molar-refractivity contribution is 0.386. The topological polar surface area (TPSA) is 47.3 Å². The molecular weight excluding hydrogens is 159 g/mol. The van der Waals surface area contributed by atoms with Crippen LogP contribution in [0.1, 0.15) is 0 Å². The first-order valence-electron chi connectivity index (χ1n) is 3.55. The van der Waals surface area contributed by atoms with E-state index in [4.69, 9.17) is 10.5 Å². The zero-order chi connectivity index (χ0) is 8.97. The summed E-state index contributed by atoms with van der Waals surface area (Å²) < 4.78 is 17.7. The molecule has 3 N–H and O–H groups in total. The summed E-state index contributed by atoms with van der Waals surface area (Å²) in [5, 5.41) is 2.78. The maximum absolute atomic E-state index is 13.0. The van der Waals surface area contributed by atoms with Crippen LogP contribution in [-0.2, 0) is 0 Å². The van der Waals surface area contributed by atoms with Crippen molar-refractivity contribution < 1.29 is 9.13 Å². The Hall–Kier alpha value is -1.29. The first kappa shape index (κ1) is 8.80. The number of benzene rings is 1. The molecular formula is C8H11FN2O. The normalized spacial score (nSPS) is 9.58. The quantitative estimate of drug-likeness (QED) is 0.669. The van der Waals surface area contributed by atoms with Crippen molar-refractivity contribution in [3.05, 3.63) is 24.0 Å². The summed E-state index contributed by atoms with van der Waals surface area (Å²) in [6.07, 6.45) is 0. The van der Waals surface area contributed by atoms with E-state index in [0.717, 1.165) is 0 Å². The zero-order valence-electron chi connectivity index (χ0n) is 6.80. The van der Waals surface area contributed by atoms with Gasteiger partial charge in [-0.1, -0.05) is 0 Å². The van der Waals surface area contributed by atoms with Gasteiger partial charge in [0.05, 0.1) is 13.8 Å². The number of methoxy groups -OCH3 is 1. The molecule has 12 heavy (non-hydrogen) atoms. The lowest BCUT2D eigenvalue weighted by atomic mass is 10.3. The fourth-order valence-electron chi connectivity index (χ4n) is 0.894. The summed E-state index contributed by atoms with van der Waals surface area (Å²) >= 11 is 0. The van der Waals surface area contributed by atoms with Crippen molar-refractivity contribution in [2.24, 2.45) is 5.73 Å². The Balaban J connectivity index is 2.86. The standard InChI is InChI=1S/C8H11FN2O/c1-12-8-3-2-6(11-5-10)4-7(8)9/h2-4,11H,5,10H2,1H3. The molecule has 0 unspecified atom stereocenters. The van der Waals surface area contributed by atoms with Gasteiger partial charge in [-0.3, -0.25) is 0 Å². The average Bonchev–Trinajstić information content (AvgIpc) is 2.05. The molecule has 1 aromatic rings. The van der Waals surface area contributed by atoms with E-state index in [1.54, 1.807) is 12.1 Å². The van der Waals surface area contributed by atoms with E-state index in [0.29, 0.717) is 5.69 Å². The first-order valence-corrected chi connectivity index (χ1v) is 3.55. The van der Waals surface area contributed by atoms with Gasteiger partial charge in [0.25, 0.3) is 0 Å². The molecule has 0 saturated heterocycles. The average molecular weight is 170 g/mol. The van der Waals surface area contributed by atoms with Crippen molar-refractivity contribution >= 4 is 5.69 Å². The minimum Gasteiger partial charge on any atom is -0.494 e. The van der Waals surface area contributed by atoms with Crippen molar-refractivity contribution in [3.63, 3.8) is 0 Å². The number of anilines is 1. The molecule has 0 aliphatic carbocycles. The summed E-state index contributed by atoms with van der Waals surface area (Å²) in [7, 11) is 1.43. The monoisotopic (exact) mass is 170 g/mol. The van der Waals surface area contributed by atoms with Gasteiger partial charge < -0.3 is 15.8 Å². The van der Waals surface area contributed by atoms with Gasteiger partial charge in [-0.2, -0.15) is 0 Å². The van der Waals surface area contributed by atoms with Gasteiger partial charge in [-0.25, -0.2) is 4.39 Å². The molecule has 0 aliphatic rings. The van der Waals surface area contributed by atoms with Crippen LogP contribution in [0.15, 0.2) is 18.2 Å². The number of rotatable bonds is 3. The van der Waals surface area contributed by atoms with Crippen molar-refractivity contribution in [2.45, 2.75) is 0 Å². The van der Waals surface area contributed by atoms with E-state index < -0.39 is 5.82 Å². The number of nitrogens with one attached hydrogen (secondary N) is 1. The van der Waals surface area contributed by atoms with Crippen molar-refractivity contribution in [2.75, 3.05) is 19.1 Å². The van der Waals surface area contributed by atoms with E-state index in [1.807, 2.05) is 0 Å². The van der Waals surface area contributed by atoms with Gasteiger partial charge in [0, 0.05) is 11.8 Å². The number of ether oxygens (including phenoxy) is 1. The predicted octanol–water partition coefficient (Wildman–Crippen LogP) is 1.16. The highest BCUT2D eigenvalue weighted by atomic mass is 19.1. The van der Waals surface area contributed by atoms with Gasteiger partial charge >= 0.3 is 0 Å². The van der Waals surface area contributed by atoms with Crippen LogP contribution >= 0.6 is 0 Å². The molecule has 0 bridgehead atoms. The van der Waals surface area contributed by atoms with Crippen molar-refractivity contribution in [3.8, 4) is 5.75 Å². The van der Waals surface area contributed by atoms with E-state index >= 15 is 0 Å². The summed E-state index contributed by atoms with van der Waals surface area (Å²) in [4.78, 5) is 0. The number of halogens is 1. The number of hydrogen-bond acceptors (Lipinski definition) is 3. The number of nitrogens with two attached hydrogens (primary N) is 1. The summed E-state index contributed by atoms with van der Waals surface area (Å²) in [6, 6.07) is 4.59. The van der Waals surface area contributed by atoms with E-state index in [9.17, 15) is 4.39 Å². The second-order valence-electron chi connectivity index (χ2n) is 2.23. The van der Waals surface area contributed by atoms with E-state index in [-0.39, 0.29) is 12.4 Å². The molecule has 0 heterocycles. The molecule has 0 aromatic heterocycles. The fraction of sp³-hybridized carbons (Fsp3) is 0.250. The van der Waals surface area contributed by atoms with E-state index in [1.165, 1.54) is 13.2 Å². The molecule has 1 aromatic carbocycles. The molecule has 0 amide bonds. The third-order valence-electron chi connectivity index (χ3n) is 1.46. The highest BCUT2D eigenvalue weighted by molar-refractivity contribution is 5.46. The second kappa shape index (κ2) is 3.92. The van der Waals surface area contributed by atoms with E-state index in [2.05, 4.69) is 5.32 Å². The van der Waals surface area contributed by atoms with Gasteiger partial charge in [-0.05, 0) is 12.1 Å². The summed E-state index contributed by atoms with van der Waals surface area (Å²) in [5.41, 5.74) is 5.87. The molecule has 0 radical (unpaired) electrons. The van der Waals surface area contributed by atoms with Crippen LogP contribution in [0.2, 0.25) is 0 Å². The van der Waals surface area contributed by atoms with Crippen LogP contribution in [-0.4, -0.2) is 13.8 Å². The highest BCUT2D eigenvalue weighted by Crippen LogP contribution is 2.19. The van der Waals surface area contributed by atoms with Crippen LogP contribution in [0.4, 0.5) is 10.1 Å². The Morgan fingerprint density at radius 2 is 2.33 bits per heavy atom. The van der Waals surface area contributed by atoms with Crippen LogP contribution in [0.3, 0.4) is 0 Å². The lowest BCUT2D eigenvalue weighted by Gasteiger charge is -2.05. The molecule has 0 fully saturated rings. The molecule has 0 aliphatic heterocycles. The predicted molar refractivity (Wildman–Crippen MR) is 45.6 cm³/mol. The Kier molecular flexibility index (Phi) is 2.88. The maximum atomic E-state index is 13.0. The molecule has 4 heteroatoms. The SMILES string of the molecule is COc1ccc(NCN)cc1F. The van der Waals surface area contributed by atoms with Gasteiger partial charge in [-0.15, -0.1) is 0 Å². The molecule has 1 rings (SSSR count). The van der Waals surface area contributed by atoms with Gasteiger partial charge in [0.2, 0.25) is 0 Å². The summed E-state index contributed by atoms with van der Waals surface area (Å²) in [6.45, 7) is 0.284. The second-order valence-corrected chi connectivity index (χ2v) is 2.23. The van der Waals surface area contributed by atoms with Gasteiger partial charge in [0.15, 0.2) is 11.6 Å². The van der Waals surface area contributed by atoms with Crippen LogP contribution in [0, 0.1) is 5.82 Å². The van der Waals surface area contributed by atoms with Gasteiger partial charge in [0.1, 0.15) is 0 Å². The smallest absolute Gasteiger partial charge is 0.167 e. The highest BCUT2D eigenvalue weighted by Gasteiger charge is 2.01. The Morgan fingerprint density at radius 3 is 2.83 bits per heavy atom. The van der Waals surface area contributed by atoms with Crippen LogP contribution < -0.4 is 15.8 Å². The van der Waals surface area contributed by atoms with Crippen LogP contribution in [0.25, 0.3) is 0 Å². The minimum atomic E-state index is -0.393. The maximum Gasteiger partial charge on any atom is 0.167 e. The minimum absolute atomic E-state index is 0.234. The number of hydrogen-bond donors (Lipinski definition) is 2. The first-order chi connectivity index (χ1) is 5.77. The third-order valence-corrected chi connectivity index (χ3v) is 1.46. The van der Waals surface area contributed by atoms with Crippen molar-refractivity contribution in [1.29, 1.82) is 0 Å². The lowest BCUT2D eigenvalue weighted by Crippen LogP contribution is -2.10. The Bertz CT molecular complexity index is 265. The Morgan fingerprint density at radius 1 is 1.58 bits per heavy atom.